The highest BCUT2D eigenvalue weighted by Gasteiger charge is 2.21. The third-order valence-electron chi connectivity index (χ3n) is 3.78. The molecule has 0 aromatic carbocycles. The van der Waals surface area contributed by atoms with E-state index in [0.717, 1.165) is 24.6 Å². The van der Waals surface area contributed by atoms with Gasteiger partial charge in [-0.15, -0.1) is 5.10 Å². The zero-order chi connectivity index (χ0) is 13.1. The molecule has 3 heterocycles. The minimum absolute atomic E-state index is 0.651. The lowest BCUT2D eigenvalue weighted by molar-refractivity contribution is 0.501. The molecule has 0 amide bonds. The fourth-order valence-corrected chi connectivity index (χ4v) is 2.64. The van der Waals surface area contributed by atoms with E-state index in [1.54, 1.807) is 0 Å². The summed E-state index contributed by atoms with van der Waals surface area (Å²) >= 11 is 0. The van der Waals surface area contributed by atoms with Gasteiger partial charge in [-0.1, -0.05) is 0 Å². The molecule has 2 aromatic heterocycles. The number of aromatic nitrogens is 3. The maximum Gasteiger partial charge on any atom is 0.151 e. The normalized spacial score (nSPS) is 16.6. The zero-order valence-electron chi connectivity index (χ0n) is 11.2. The first kappa shape index (κ1) is 12.1. The van der Waals surface area contributed by atoms with Crippen LogP contribution in [0.5, 0.6) is 0 Å². The van der Waals surface area contributed by atoms with E-state index in [0.29, 0.717) is 5.92 Å². The molecule has 0 radical (unpaired) electrons. The lowest BCUT2D eigenvalue weighted by atomic mass is 9.90. The third kappa shape index (κ3) is 2.72. The molecule has 4 nitrogen and oxygen atoms in total. The number of anilines is 1. The van der Waals surface area contributed by atoms with Crippen molar-refractivity contribution in [1.82, 2.24) is 15.2 Å². The number of pyridine rings is 1. The first-order valence-corrected chi connectivity index (χ1v) is 6.78. The van der Waals surface area contributed by atoms with Crippen molar-refractivity contribution in [3.8, 4) is 0 Å². The second kappa shape index (κ2) is 5.34. The summed E-state index contributed by atoms with van der Waals surface area (Å²) in [6, 6.07) is 8.35. The van der Waals surface area contributed by atoms with Gasteiger partial charge in [-0.05, 0) is 55.5 Å². The lowest BCUT2D eigenvalue weighted by Crippen LogP contribution is -2.33. The summed E-state index contributed by atoms with van der Waals surface area (Å²) < 4.78 is 0. The Kier molecular flexibility index (Phi) is 3.40. The van der Waals surface area contributed by atoms with Crippen LogP contribution in [0.2, 0.25) is 0 Å². The van der Waals surface area contributed by atoms with Gasteiger partial charge in [-0.3, -0.25) is 4.98 Å². The van der Waals surface area contributed by atoms with Crippen molar-refractivity contribution >= 4 is 5.82 Å². The third-order valence-corrected chi connectivity index (χ3v) is 3.78. The Bertz CT molecular complexity index is 516. The van der Waals surface area contributed by atoms with Crippen LogP contribution in [0.1, 0.15) is 30.0 Å². The summed E-state index contributed by atoms with van der Waals surface area (Å²) in [6.45, 7) is 4.06. The highest BCUT2D eigenvalue weighted by atomic mass is 15.3. The van der Waals surface area contributed by atoms with Gasteiger partial charge >= 0.3 is 0 Å². The average Bonchev–Trinajstić information content (AvgIpc) is 2.49. The van der Waals surface area contributed by atoms with Crippen molar-refractivity contribution in [3.05, 3.63) is 47.9 Å². The molecule has 1 aliphatic rings. The predicted octanol–water partition coefficient (Wildman–Crippen LogP) is 2.56. The van der Waals surface area contributed by atoms with Crippen LogP contribution in [0.3, 0.4) is 0 Å². The van der Waals surface area contributed by atoms with E-state index in [4.69, 9.17) is 0 Å². The Morgan fingerprint density at radius 2 is 1.74 bits per heavy atom. The minimum Gasteiger partial charge on any atom is -0.355 e. The molecule has 4 heteroatoms. The predicted molar refractivity (Wildman–Crippen MR) is 75.2 cm³/mol. The lowest BCUT2D eigenvalue weighted by Gasteiger charge is -2.32. The van der Waals surface area contributed by atoms with E-state index in [1.807, 2.05) is 25.4 Å². The number of rotatable bonds is 2. The summed E-state index contributed by atoms with van der Waals surface area (Å²) in [5.74, 6) is 1.65. The SMILES string of the molecule is Cc1ccc(N2CCC(c3ccncc3)CC2)nn1. The topological polar surface area (TPSA) is 41.9 Å². The zero-order valence-corrected chi connectivity index (χ0v) is 11.2. The number of aryl methyl sites for hydroxylation is 1. The van der Waals surface area contributed by atoms with Gasteiger partial charge in [0.05, 0.1) is 5.69 Å². The molecule has 0 saturated carbocycles. The van der Waals surface area contributed by atoms with Crippen molar-refractivity contribution in [2.75, 3.05) is 18.0 Å². The number of hydrogen-bond donors (Lipinski definition) is 0. The van der Waals surface area contributed by atoms with E-state index in [2.05, 4.69) is 38.3 Å². The highest BCUT2D eigenvalue weighted by Crippen LogP contribution is 2.29. The Balaban J connectivity index is 1.65. The van der Waals surface area contributed by atoms with Gasteiger partial charge in [0.1, 0.15) is 0 Å². The smallest absolute Gasteiger partial charge is 0.151 e. The van der Waals surface area contributed by atoms with Crippen LogP contribution in [0, 0.1) is 6.92 Å². The summed E-state index contributed by atoms with van der Waals surface area (Å²) in [5, 5.41) is 8.40. The molecule has 1 fully saturated rings. The second-order valence-electron chi connectivity index (χ2n) is 5.07. The maximum atomic E-state index is 4.27. The van der Waals surface area contributed by atoms with Gasteiger partial charge in [-0.2, -0.15) is 5.10 Å². The fraction of sp³-hybridized carbons (Fsp3) is 0.400. The molecule has 0 unspecified atom stereocenters. The second-order valence-corrected chi connectivity index (χ2v) is 5.07. The quantitative estimate of drug-likeness (QED) is 0.826. The average molecular weight is 254 g/mol. The van der Waals surface area contributed by atoms with Gasteiger partial charge in [0, 0.05) is 25.5 Å². The molecule has 3 rings (SSSR count). The van der Waals surface area contributed by atoms with Crippen molar-refractivity contribution in [2.45, 2.75) is 25.7 Å². The maximum absolute atomic E-state index is 4.27. The molecule has 0 aliphatic carbocycles. The van der Waals surface area contributed by atoms with E-state index >= 15 is 0 Å². The van der Waals surface area contributed by atoms with E-state index in [9.17, 15) is 0 Å². The Morgan fingerprint density at radius 1 is 1.00 bits per heavy atom. The Labute approximate surface area is 113 Å². The molecule has 1 saturated heterocycles. The van der Waals surface area contributed by atoms with Crippen LogP contribution in [0.25, 0.3) is 0 Å². The van der Waals surface area contributed by atoms with Gasteiger partial charge in [0.25, 0.3) is 0 Å². The molecule has 98 valence electrons. The molecular formula is C15H18N4. The van der Waals surface area contributed by atoms with Crippen LogP contribution in [0.4, 0.5) is 5.82 Å². The first-order chi connectivity index (χ1) is 9.33. The Morgan fingerprint density at radius 3 is 2.37 bits per heavy atom. The van der Waals surface area contributed by atoms with Crippen molar-refractivity contribution in [3.63, 3.8) is 0 Å². The number of nitrogens with zero attached hydrogens (tertiary/aromatic N) is 4. The Hall–Kier alpha value is -1.97. The van der Waals surface area contributed by atoms with Gasteiger partial charge in [-0.25, -0.2) is 0 Å². The first-order valence-electron chi connectivity index (χ1n) is 6.78. The molecule has 1 aliphatic heterocycles. The van der Waals surface area contributed by atoms with Gasteiger partial charge in [0.2, 0.25) is 0 Å². The van der Waals surface area contributed by atoms with Crippen molar-refractivity contribution < 1.29 is 0 Å². The van der Waals surface area contributed by atoms with Crippen LogP contribution in [0.15, 0.2) is 36.7 Å². The number of piperidine rings is 1. The van der Waals surface area contributed by atoms with Gasteiger partial charge in [0.15, 0.2) is 5.82 Å². The van der Waals surface area contributed by atoms with Crippen LogP contribution in [-0.4, -0.2) is 28.3 Å². The molecule has 0 spiro atoms. The van der Waals surface area contributed by atoms with Crippen LogP contribution < -0.4 is 4.90 Å². The van der Waals surface area contributed by atoms with E-state index in [1.165, 1.54) is 18.4 Å². The highest BCUT2D eigenvalue weighted by molar-refractivity contribution is 5.38. The van der Waals surface area contributed by atoms with Crippen molar-refractivity contribution in [2.24, 2.45) is 0 Å². The van der Waals surface area contributed by atoms with E-state index < -0.39 is 0 Å². The fourth-order valence-electron chi connectivity index (χ4n) is 2.64. The van der Waals surface area contributed by atoms with Crippen LogP contribution in [-0.2, 0) is 0 Å². The minimum atomic E-state index is 0.651. The summed E-state index contributed by atoms with van der Waals surface area (Å²) in [6.07, 6.45) is 6.10. The van der Waals surface area contributed by atoms with E-state index in [-0.39, 0.29) is 0 Å². The van der Waals surface area contributed by atoms with Crippen molar-refractivity contribution in [1.29, 1.82) is 0 Å². The van der Waals surface area contributed by atoms with Crippen LogP contribution >= 0.6 is 0 Å². The standard InChI is InChI=1S/C15H18N4/c1-12-2-3-15(18-17-12)19-10-6-14(7-11-19)13-4-8-16-9-5-13/h2-5,8-9,14H,6-7,10-11H2,1H3. The molecule has 0 atom stereocenters. The molecule has 0 N–H and O–H groups in total. The summed E-state index contributed by atoms with van der Waals surface area (Å²) in [5.41, 5.74) is 2.38. The molecule has 0 bridgehead atoms. The number of hydrogen-bond acceptors (Lipinski definition) is 4. The molecular weight excluding hydrogens is 236 g/mol. The molecule has 19 heavy (non-hydrogen) atoms. The summed E-state index contributed by atoms with van der Waals surface area (Å²) in [4.78, 5) is 6.41. The molecule has 2 aromatic rings. The largest absolute Gasteiger partial charge is 0.355 e. The van der Waals surface area contributed by atoms with Gasteiger partial charge < -0.3 is 4.90 Å². The monoisotopic (exact) mass is 254 g/mol. The summed E-state index contributed by atoms with van der Waals surface area (Å²) in [7, 11) is 0.